The number of hydrogen-bond acceptors (Lipinski definition) is 4. The van der Waals surface area contributed by atoms with E-state index in [2.05, 4.69) is 17.3 Å². The summed E-state index contributed by atoms with van der Waals surface area (Å²) in [6, 6.07) is 0.938. The first kappa shape index (κ1) is 14.2. The maximum atomic E-state index is 12.2. The number of thioether (sulfide) groups is 1. The van der Waals surface area contributed by atoms with E-state index in [4.69, 9.17) is 0 Å². The van der Waals surface area contributed by atoms with Gasteiger partial charge in [-0.3, -0.25) is 4.79 Å². The molecule has 2 fully saturated rings. The van der Waals surface area contributed by atoms with Gasteiger partial charge in [0.05, 0.1) is 0 Å². The highest BCUT2D eigenvalue weighted by Crippen LogP contribution is 2.16. The molecule has 0 saturated carbocycles. The van der Waals surface area contributed by atoms with Crippen LogP contribution in [0.3, 0.4) is 0 Å². The van der Waals surface area contributed by atoms with Gasteiger partial charge in [-0.25, -0.2) is 0 Å². The number of rotatable bonds is 4. The summed E-state index contributed by atoms with van der Waals surface area (Å²) in [6.45, 7) is 3.10. The molecule has 1 N–H and O–H groups in total. The molecule has 4 nitrogen and oxygen atoms in total. The summed E-state index contributed by atoms with van der Waals surface area (Å²) in [5.74, 6) is 2.53. The highest BCUT2D eigenvalue weighted by Gasteiger charge is 2.25. The average Bonchev–Trinajstić information content (AvgIpc) is 2.76. The van der Waals surface area contributed by atoms with Crippen molar-refractivity contribution in [3.05, 3.63) is 0 Å². The number of nitrogens with one attached hydrogen (secondary N) is 1. The second-order valence-electron chi connectivity index (χ2n) is 5.48. The summed E-state index contributed by atoms with van der Waals surface area (Å²) in [7, 11) is 4.11. The van der Waals surface area contributed by atoms with Gasteiger partial charge >= 0.3 is 0 Å². The Kier molecular flexibility index (Phi) is 5.33. The lowest BCUT2D eigenvalue weighted by atomic mass is 10.1. The van der Waals surface area contributed by atoms with Crippen LogP contribution in [0.25, 0.3) is 0 Å². The number of nitrogens with zero attached hydrogens (tertiary/aromatic N) is 2. The van der Waals surface area contributed by atoms with Gasteiger partial charge in [-0.15, -0.1) is 0 Å². The second-order valence-corrected chi connectivity index (χ2v) is 6.63. The lowest BCUT2D eigenvalue weighted by molar-refractivity contribution is -0.130. The van der Waals surface area contributed by atoms with Gasteiger partial charge in [0.1, 0.15) is 0 Å². The Morgan fingerprint density at radius 1 is 1.56 bits per heavy atom. The van der Waals surface area contributed by atoms with Crippen molar-refractivity contribution in [1.29, 1.82) is 0 Å². The SMILES string of the molecule is CN(CC1CCCN1C)C(=O)CC1CSCCN1. The van der Waals surface area contributed by atoms with Crippen LogP contribution >= 0.6 is 11.8 Å². The van der Waals surface area contributed by atoms with E-state index >= 15 is 0 Å². The van der Waals surface area contributed by atoms with Gasteiger partial charge in [0, 0.05) is 50.1 Å². The van der Waals surface area contributed by atoms with E-state index in [0.717, 1.165) is 18.8 Å². The van der Waals surface area contributed by atoms with Gasteiger partial charge < -0.3 is 15.1 Å². The largest absolute Gasteiger partial charge is 0.344 e. The molecule has 0 aromatic rings. The minimum Gasteiger partial charge on any atom is -0.344 e. The van der Waals surface area contributed by atoms with Crippen molar-refractivity contribution in [2.75, 3.05) is 45.2 Å². The van der Waals surface area contributed by atoms with Gasteiger partial charge in [0.25, 0.3) is 0 Å². The van der Waals surface area contributed by atoms with Crippen molar-refractivity contribution in [3.63, 3.8) is 0 Å². The summed E-state index contributed by atoms with van der Waals surface area (Å²) in [5, 5.41) is 3.43. The lowest BCUT2D eigenvalue weighted by Crippen LogP contribution is -2.44. The first-order valence-corrected chi connectivity index (χ1v) is 8.07. The van der Waals surface area contributed by atoms with Crippen molar-refractivity contribution in [2.24, 2.45) is 0 Å². The van der Waals surface area contributed by atoms with Gasteiger partial charge in [0.15, 0.2) is 0 Å². The summed E-state index contributed by atoms with van der Waals surface area (Å²) < 4.78 is 0. The van der Waals surface area contributed by atoms with Crippen molar-refractivity contribution in [2.45, 2.75) is 31.3 Å². The number of likely N-dealkylation sites (tertiary alicyclic amines) is 1. The zero-order valence-corrected chi connectivity index (χ0v) is 12.3. The van der Waals surface area contributed by atoms with E-state index in [0.29, 0.717) is 18.5 Å². The van der Waals surface area contributed by atoms with Crippen LogP contribution in [0, 0.1) is 0 Å². The molecule has 2 rings (SSSR count). The number of carbonyl (C=O) groups is 1. The Labute approximate surface area is 114 Å². The Bertz CT molecular complexity index is 281. The van der Waals surface area contributed by atoms with Crippen LogP contribution in [-0.2, 0) is 4.79 Å². The van der Waals surface area contributed by atoms with Crippen molar-refractivity contribution in [1.82, 2.24) is 15.1 Å². The Morgan fingerprint density at radius 2 is 2.39 bits per heavy atom. The molecule has 2 aliphatic rings. The summed E-state index contributed by atoms with van der Waals surface area (Å²) in [6.07, 6.45) is 3.15. The van der Waals surface area contributed by atoms with Gasteiger partial charge in [-0.2, -0.15) is 11.8 Å². The van der Waals surface area contributed by atoms with Crippen molar-refractivity contribution < 1.29 is 4.79 Å². The van der Waals surface area contributed by atoms with Gasteiger partial charge in [0.2, 0.25) is 5.91 Å². The molecule has 2 aliphatic heterocycles. The Balaban J connectivity index is 1.73. The van der Waals surface area contributed by atoms with E-state index in [-0.39, 0.29) is 5.91 Å². The number of hydrogen-bond donors (Lipinski definition) is 1. The molecule has 1 amide bonds. The first-order chi connectivity index (χ1) is 8.66. The second kappa shape index (κ2) is 6.78. The first-order valence-electron chi connectivity index (χ1n) is 6.92. The third kappa shape index (κ3) is 3.87. The number of carbonyl (C=O) groups excluding carboxylic acids is 1. The zero-order valence-electron chi connectivity index (χ0n) is 11.5. The van der Waals surface area contributed by atoms with Crippen LogP contribution < -0.4 is 5.32 Å². The van der Waals surface area contributed by atoms with E-state index in [1.54, 1.807) is 0 Å². The predicted octanol–water partition coefficient (Wildman–Crippen LogP) is 0.634. The van der Waals surface area contributed by atoms with E-state index in [1.807, 2.05) is 23.7 Å². The predicted molar refractivity (Wildman–Crippen MR) is 77.0 cm³/mol. The smallest absolute Gasteiger partial charge is 0.223 e. The molecule has 2 unspecified atom stereocenters. The molecule has 5 heteroatoms. The van der Waals surface area contributed by atoms with Crippen molar-refractivity contribution in [3.8, 4) is 0 Å². The third-order valence-corrected chi connectivity index (χ3v) is 5.13. The molecule has 0 aromatic heterocycles. The third-order valence-electron chi connectivity index (χ3n) is 4.00. The average molecular weight is 271 g/mol. The molecule has 0 bridgehead atoms. The van der Waals surface area contributed by atoms with Crippen LogP contribution in [0.1, 0.15) is 19.3 Å². The minimum atomic E-state index is 0.287. The highest BCUT2D eigenvalue weighted by atomic mass is 32.2. The molecule has 0 aliphatic carbocycles. The Hall–Kier alpha value is -0.260. The normalized spacial score (nSPS) is 29.4. The number of amides is 1. The Morgan fingerprint density at radius 3 is 3.00 bits per heavy atom. The standard InChI is InChI=1S/C13H25N3OS/c1-15-6-3-4-12(15)9-16(2)13(17)8-11-10-18-7-5-14-11/h11-12,14H,3-10H2,1-2H3. The maximum absolute atomic E-state index is 12.2. The van der Waals surface area contributed by atoms with Crippen LogP contribution in [0.5, 0.6) is 0 Å². The summed E-state index contributed by atoms with van der Waals surface area (Å²) >= 11 is 1.95. The highest BCUT2D eigenvalue weighted by molar-refractivity contribution is 7.99. The van der Waals surface area contributed by atoms with Crippen molar-refractivity contribution >= 4 is 17.7 Å². The molecule has 2 saturated heterocycles. The fourth-order valence-corrected chi connectivity index (χ4v) is 3.69. The molecular weight excluding hydrogens is 246 g/mol. The van der Waals surface area contributed by atoms with E-state index in [9.17, 15) is 4.79 Å². The van der Waals surface area contributed by atoms with Crippen LogP contribution in [-0.4, -0.2) is 73.0 Å². The van der Waals surface area contributed by atoms with Crippen LogP contribution in [0.2, 0.25) is 0 Å². The van der Waals surface area contributed by atoms with Crippen LogP contribution in [0.4, 0.5) is 0 Å². The fourth-order valence-electron chi connectivity index (χ4n) is 2.75. The van der Waals surface area contributed by atoms with Crippen LogP contribution in [0.15, 0.2) is 0 Å². The molecule has 0 radical (unpaired) electrons. The van der Waals surface area contributed by atoms with Gasteiger partial charge in [-0.05, 0) is 26.4 Å². The molecule has 104 valence electrons. The molecule has 2 heterocycles. The summed E-state index contributed by atoms with van der Waals surface area (Å²) in [5.41, 5.74) is 0. The van der Waals surface area contributed by atoms with E-state index in [1.165, 1.54) is 25.1 Å². The maximum Gasteiger partial charge on any atom is 0.223 e. The number of likely N-dealkylation sites (N-methyl/N-ethyl adjacent to an activating group) is 2. The zero-order chi connectivity index (χ0) is 13.0. The monoisotopic (exact) mass is 271 g/mol. The fraction of sp³-hybridized carbons (Fsp3) is 0.923. The minimum absolute atomic E-state index is 0.287. The molecule has 2 atom stereocenters. The molecule has 0 spiro atoms. The summed E-state index contributed by atoms with van der Waals surface area (Å²) in [4.78, 5) is 16.5. The molecule has 18 heavy (non-hydrogen) atoms. The lowest BCUT2D eigenvalue weighted by Gasteiger charge is -2.28. The van der Waals surface area contributed by atoms with E-state index < -0.39 is 0 Å². The topological polar surface area (TPSA) is 35.6 Å². The molecular formula is C13H25N3OS. The molecule has 0 aromatic carbocycles. The van der Waals surface area contributed by atoms with Gasteiger partial charge in [-0.1, -0.05) is 0 Å². The quantitative estimate of drug-likeness (QED) is 0.814.